The molecule has 0 unspecified atom stereocenters. The maximum atomic E-state index is 10.2. The van der Waals surface area contributed by atoms with Crippen LogP contribution in [0.25, 0.3) is 0 Å². The smallest absolute Gasteiger partial charge is 0.723 e. The predicted molar refractivity (Wildman–Crippen MR) is 42.2 cm³/mol. The van der Waals surface area contributed by atoms with Gasteiger partial charge in [0.2, 0.25) is 0 Å². The number of rotatable bonds is 5. The molecule has 0 atom stereocenters. The van der Waals surface area contributed by atoms with Gasteiger partial charge in [-0.3, -0.25) is 5.26 Å². The molecule has 0 aliphatic heterocycles. The zero-order valence-electron chi connectivity index (χ0n) is 9.09. The Bertz CT molecular complexity index is 120. The Balaban J connectivity index is 0. The Morgan fingerprint density at radius 2 is 1.46 bits per heavy atom. The zero-order valence-corrected chi connectivity index (χ0v) is 12.2. The third kappa shape index (κ3) is 8.47. The van der Waals surface area contributed by atoms with Gasteiger partial charge < -0.3 is 10.1 Å². The number of hydrogen-bond donors (Lipinski definition) is 1. The second-order valence-corrected chi connectivity index (χ2v) is 4.19. The van der Waals surface area contributed by atoms with Crippen molar-refractivity contribution < 1.29 is 71.7 Å². The van der Waals surface area contributed by atoms with Crippen molar-refractivity contribution in [1.82, 2.24) is 0 Å². The largest absolute Gasteiger partial charge is 1.00 e. The maximum absolute atomic E-state index is 10.2. The van der Waals surface area contributed by atoms with Gasteiger partial charge in [0, 0.05) is 0 Å². The van der Waals surface area contributed by atoms with Gasteiger partial charge in [0.1, 0.15) is 0 Å². The maximum Gasteiger partial charge on any atom is 1.00 e. The molecule has 0 saturated carbocycles. The van der Waals surface area contributed by atoms with Gasteiger partial charge in [-0.2, -0.15) is 0 Å². The first-order valence-electron chi connectivity index (χ1n) is 3.96. The van der Waals surface area contributed by atoms with E-state index in [1.54, 1.807) is 27.7 Å². The fraction of sp³-hybridized carbons (Fsp3) is 1.00. The summed E-state index contributed by atoms with van der Waals surface area (Å²) in [4.78, 5) is 8.21. The van der Waals surface area contributed by atoms with Gasteiger partial charge in [-0.05, 0) is 40.5 Å². The summed E-state index contributed by atoms with van der Waals surface area (Å²) in [5.41, 5.74) is -1.31. The summed E-state index contributed by atoms with van der Waals surface area (Å²) < 4.78 is 0. The van der Waals surface area contributed by atoms with Crippen molar-refractivity contribution in [1.29, 1.82) is 0 Å². The van der Waals surface area contributed by atoms with Crippen LogP contribution in [0.4, 0.5) is 0 Å². The van der Waals surface area contributed by atoms with Crippen LogP contribution in [0.2, 0.25) is 0 Å². The van der Waals surface area contributed by atoms with E-state index in [4.69, 9.17) is 5.26 Å². The molecule has 13 heavy (non-hydrogen) atoms. The molecule has 0 saturated heterocycles. The Morgan fingerprint density at radius 3 is 1.77 bits per heavy atom. The molecule has 74 valence electrons. The van der Waals surface area contributed by atoms with E-state index in [2.05, 4.69) is 9.78 Å². The molecule has 0 amide bonds. The van der Waals surface area contributed by atoms with E-state index >= 15 is 0 Å². The normalized spacial score (nSPS) is 12.5. The molecule has 1 N–H and O–H groups in total. The van der Waals surface area contributed by atoms with Crippen LogP contribution in [0, 0.1) is 0 Å². The van der Waals surface area contributed by atoms with Gasteiger partial charge in [-0.15, -0.1) is 0 Å². The molecule has 0 aliphatic carbocycles. The minimum atomic E-state index is -0.699. The summed E-state index contributed by atoms with van der Waals surface area (Å²) in [6.07, 6.45) is 1.11. The van der Waals surface area contributed by atoms with Crippen LogP contribution in [0.15, 0.2) is 0 Å². The molecule has 0 fully saturated rings. The standard InChI is InChI=1S/C8H18O4.K/c1-7(2,11-9)5-6-8(3,4)12-10;/h9-10H,5-6H2,1-4H3;/q;+1/p-1. The van der Waals surface area contributed by atoms with Crippen molar-refractivity contribution in [2.24, 2.45) is 0 Å². The Hall–Kier alpha value is 1.48. The second-order valence-electron chi connectivity index (χ2n) is 4.19. The summed E-state index contributed by atoms with van der Waals surface area (Å²) in [5.74, 6) is 0. The van der Waals surface area contributed by atoms with Gasteiger partial charge >= 0.3 is 51.4 Å². The molecule has 0 aliphatic rings. The molecular formula is C8H17KO4. The first-order valence-corrected chi connectivity index (χ1v) is 3.96. The Kier molecular flexibility index (Phi) is 8.92. The zero-order chi connectivity index (χ0) is 9.83. The summed E-state index contributed by atoms with van der Waals surface area (Å²) in [5, 5.41) is 18.6. The van der Waals surface area contributed by atoms with Crippen molar-refractivity contribution in [3.05, 3.63) is 0 Å². The third-order valence-corrected chi connectivity index (χ3v) is 1.80. The number of hydrogen-bond acceptors (Lipinski definition) is 4. The van der Waals surface area contributed by atoms with Crippen molar-refractivity contribution in [3.63, 3.8) is 0 Å². The monoisotopic (exact) mass is 216 g/mol. The van der Waals surface area contributed by atoms with Crippen LogP contribution in [0.3, 0.4) is 0 Å². The third-order valence-electron chi connectivity index (χ3n) is 1.80. The Morgan fingerprint density at radius 1 is 1.08 bits per heavy atom. The quantitative estimate of drug-likeness (QED) is 0.332. The second kappa shape index (κ2) is 6.87. The van der Waals surface area contributed by atoms with Gasteiger partial charge in [-0.1, -0.05) is 0 Å². The van der Waals surface area contributed by atoms with E-state index in [-0.39, 0.29) is 51.4 Å². The topological polar surface area (TPSA) is 61.8 Å². The summed E-state index contributed by atoms with van der Waals surface area (Å²) in [7, 11) is 0. The van der Waals surface area contributed by atoms with Gasteiger partial charge in [0.05, 0.1) is 11.2 Å². The molecule has 0 rings (SSSR count). The molecule has 0 aromatic heterocycles. The average molecular weight is 216 g/mol. The summed E-state index contributed by atoms with van der Waals surface area (Å²) in [6.45, 7) is 6.89. The average Bonchev–Trinajstić information content (AvgIpc) is 2.02. The van der Waals surface area contributed by atoms with Crippen molar-refractivity contribution in [2.75, 3.05) is 0 Å². The van der Waals surface area contributed by atoms with Gasteiger partial charge in [-0.25, -0.2) is 4.89 Å². The molecule has 0 bridgehead atoms. The van der Waals surface area contributed by atoms with Crippen molar-refractivity contribution in [2.45, 2.75) is 51.7 Å². The summed E-state index contributed by atoms with van der Waals surface area (Å²) in [6, 6.07) is 0. The van der Waals surface area contributed by atoms with Crippen LogP contribution < -0.4 is 56.6 Å². The fourth-order valence-electron chi connectivity index (χ4n) is 0.689. The first kappa shape index (κ1) is 16.9. The van der Waals surface area contributed by atoms with E-state index in [1.165, 1.54) is 0 Å². The van der Waals surface area contributed by atoms with E-state index in [0.29, 0.717) is 12.8 Å². The molecule has 0 aromatic rings. The van der Waals surface area contributed by atoms with Gasteiger partial charge in [0.25, 0.3) is 0 Å². The minimum absolute atomic E-state index is 0. The van der Waals surface area contributed by atoms with Crippen LogP contribution in [0.1, 0.15) is 40.5 Å². The molecule has 0 spiro atoms. The van der Waals surface area contributed by atoms with Gasteiger partial charge in [0.15, 0.2) is 0 Å². The summed E-state index contributed by atoms with van der Waals surface area (Å²) >= 11 is 0. The molecule has 0 aromatic carbocycles. The van der Waals surface area contributed by atoms with E-state index in [9.17, 15) is 5.26 Å². The fourth-order valence-corrected chi connectivity index (χ4v) is 0.689. The Labute approximate surface area is 122 Å². The molecule has 4 nitrogen and oxygen atoms in total. The van der Waals surface area contributed by atoms with Crippen molar-refractivity contribution in [3.8, 4) is 0 Å². The van der Waals surface area contributed by atoms with Crippen LogP contribution in [-0.2, 0) is 9.78 Å². The SMILES string of the molecule is CC(C)(CCC(C)(C)OO)O[O-].[K+]. The minimum Gasteiger partial charge on any atom is -0.723 e. The molecule has 5 heteroatoms. The first-order chi connectivity index (χ1) is 5.33. The predicted octanol–water partition coefficient (Wildman–Crippen LogP) is -1.89. The van der Waals surface area contributed by atoms with E-state index in [1.807, 2.05) is 0 Å². The molecular weight excluding hydrogens is 199 g/mol. The van der Waals surface area contributed by atoms with Crippen LogP contribution in [-0.4, -0.2) is 16.5 Å². The van der Waals surface area contributed by atoms with E-state index < -0.39 is 11.2 Å². The molecule has 0 radical (unpaired) electrons. The van der Waals surface area contributed by atoms with E-state index in [0.717, 1.165) is 0 Å². The molecule has 0 heterocycles. The van der Waals surface area contributed by atoms with Crippen molar-refractivity contribution >= 4 is 0 Å². The van der Waals surface area contributed by atoms with Crippen LogP contribution in [0.5, 0.6) is 0 Å². The van der Waals surface area contributed by atoms with Crippen LogP contribution >= 0.6 is 0 Å².